The lowest BCUT2D eigenvalue weighted by atomic mass is 9.93. The summed E-state index contributed by atoms with van der Waals surface area (Å²) < 4.78 is 13.1. The van der Waals surface area contributed by atoms with E-state index in [1.54, 1.807) is 13.1 Å². The normalized spacial score (nSPS) is 14.6. The number of halogens is 2. The Morgan fingerprint density at radius 1 is 1.33 bits per heavy atom. The number of nitrogens with one attached hydrogen (secondary N) is 2. The van der Waals surface area contributed by atoms with E-state index < -0.39 is 5.82 Å². The minimum atomic E-state index is -0.408. The van der Waals surface area contributed by atoms with Gasteiger partial charge in [-0.25, -0.2) is 4.39 Å². The summed E-state index contributed by atoms with van der Waals surface area (Å²) in [6.45, 7) is 2.01. The Kier molecular flexibility index (Phi) is 8.71. The Labute approximate surface area is 148 Å². The number of carbonyl (C=O) groups is 2. The van der Waals surface area contributed by atoms with Gasteiger partial charge < -0.3 is 15.5 Å². The number of anilines is 1. The Morgan fingerprint density at radius 2 is 2.04 bits per heavy atom. The van der Waals surface area contributed by atoms with Crippen LogP contribution in [0, 0.1) is 11.7 Å². The average Bonchev–Trinajstić information content (AvgIpc) is 2.53. The number of amides is 2. The predicted molar refractivity (Wildman–Crippen MR) is 94.7 cm³/mol. The van der Waals surface area contributed by atoms with Crippen molar-refractivity contribution in [2.75, 3.05) is 32.0 Å². The molecule has 1 aromatic rings. The van der Waals surface area contributed by atoms with Crippen LogP contribution in [0.15, 0.2) is 24.3 Å². The Bertz CT molecular complexity index is 550. The topological polar surface area (TPSA) is 61.4 Å². The van der Waals surface area contributed by atoms with E-state index in [1.807, 2.05) is 0 Å². The Balaban J connectivity index is 0.00000288. The highest BCUT2D eigenvalue weighted by Crippen LogP contribution is 2.18. The van der Waals surface area contributed by atoms with Crippen LogP contribution in [-0.2, 0) is 9.59 Å². The second-order valence-electron chi connectivity index (χ2n) is 6.04. The smallest absolute Gasteiger partial charge is 0.243 e. The molecule has 0 bridgehead atoms. The highest BCUT2D eigenvalue weighted by Gasteiger charge is 2.17. The Morgan fingerprint density at radius 3 is 2.71 bits per heavy atom. The lowest BCUT2D eigenvalue weighted by Gasteiger charge is -2.23. The van der Waals surface area contributed by atoms with Crippen molar-refractivity contribution in [1.29, 1.82) is 0 Å². The zero-order valence-electron chi connectivity index (χ0n) is 13.9. The molecule has 5 nitrogen and oxygen atoms in total. The first-order valence-electron chi connectivity index (χ1n) is 8.04. The van der Waals surface area contributed by atoms with Crippen molar-refractivity contribution >= 4 is 29.9 Å². The van der Waals surface area contributed by atoms with E-state index >= 15 is 0 Å². The summed E-state index contributed by atoms with van der Waals surface area (Å²) in [7, 11) is 1.62. The molecule has 0 aromatic heterocycles. The quantitative estimate of drug-likeness (QED) is 0.822. The maximum Gasteiger partial charge on any atom is 0.243 e. The van der Waals surface area contributed by atoms with Crippen molar-refractivity contribution in [3.8, 4) is 0 Å². The van der Waals surface area contributed by atoms with Crippen LogP contribution in [0.4, 0.5) is 10.1 Å². The third-order valence-electron chi connectivity index (χ3n) is 4.14. The number of hydrogen-bond donors (Lipinski definition) is 2. The summed E-state index contributed by atoms with van der Waals surface area (Å²) in [5, 5.41) is 5.90. The van der Waals surface area contributed by atoms with Gasteiger partial charge in [-0.3, -0.25) is 9.59 Å². The van der Waals surface area contributed by atoms with E-state index in [4.69, 9.17) is 0 Å². The summed E-state index contributed by atoms with van der Waals surface area (Å²) in [5.74, 6) is -0.171. The molecule has 0 saturated carbocycles. The monoisotopic (exact) mass is 357 g/mol. The van der Waals surface area contributed by atoms with Gasteiger partial charge >= 0.3 is 0 Å². The minimum Gasteiger partial charge on any atom is -0.336 e. The first kappa shape index (κ1) is 20.4. The van der Waals surface area contributed by atoms with Crippen molar-refractivity contribution in [2.24, 2.45) is 5.92 Å². The molecule has 2 rings (SSSR count). The van der Waals surface area contributed by atoms with Crippen LogP contribution < -0.4 is 10.6 Å². The average molecular weight is 358 g/mol. The Hall–Kier alpha value is -1.66. The summed E-state index contributed by atoms with van der Waals surface area (Å²) in [5.41, 5.74) is 0.394. The number of carbonyl (C=O) groups excluding carboxylic acids is 2. The van der Waals surface area contributed by atoms with Crippen molar-refractivity contribution in [2.45, 2.75) is 25.7 Å². The third kappa shape index (κ3) is 6.84. The highest BCUT2D eigenvalue weighted by molar-refractivity contribution is 5.94. The van der Waals surface area contributed by atoms with Gasteiger partial charge in [-0.15, -0.1) is 12.4 Å². The van der Waals surface area contributed by atoms with Gasteiger partial charge in [0.05, 0.1) is 6.54 Å². The van der Waals surface area contributed by atoms with Crippen LogP contribution >= 0.6 is 12.4 Å². The molecule has 1 saturated heterocycles. The molecule has 0 radical (unpaired) electrons. The van der Waals surface area contributed by atoms with Gasteiger partial charge in [0.25, 0.3) is 0 Å². The second-order valence-corrected chi connectivity index (χ2v) is 6.04. The van der Waals surface area contributed by atoms with Crippen molar-refractivity contribution in [3.63, 3.8) is 0 Å². The molecule has 24 heavy (non-hydrogen) atoms. The van der Waals surface area contributed by atoms with Crippen LogP contribution in [0.2, 0.25) is 0 Å². The molecule has 1 fully saturated rings. The number of rotatable bonds is 6. The highest BCUT2D eigenvalue weighted by atomic mass is 35.5. The van der Waals surface area contributed by atoms with Crippen LogP contribution in [0.3, 0.4) is 0 Å². The molecule has 0 aliphatic carbocycles. The molecule has 0 atom stereocenters. The maximum absolute atomic E-state index is 13.1. The number of hydrogen-bond acceptors (Lipinski definition) is 3. The van der Waals surface area contributed by atoms with Gasteiger partial charge in [0.1, 0.15) is 5.82 Å². The molecule has 2 N–H and O–H groups in total. The van der Waals surface area contributed by atoms with Crippen LogP contribution in [-0.4, -0.2) is 43.4 Å². The molecule has 0 unspecified atom stereocenters. The molecule has 7 heteroatoms. The van der Waals surface area contributed by atoms with Gasteiger partial charge in [0.15, 0.2) is 0 Å². The summed E-state index contributed by atoms with van der Waals surface area (Å²) >= 11 is 0. The van der Waals surface area contributed by atoms with E-state index in [2.05, 4.69) is 10.6 Å². The van der Waals surface area contributed by atoms with Gasteiger partial charge in [-0.05, 0) is 56.5 Å². The predicted octanol–water partition coefficient (Wildman–Crippen LogP) is 2.42. The molecule has 134 valence electrons. The van der Waals surface area contributed by atoms with E-state index in [9.17, 15) is 14.0 Å². The lowest BCUT2D eigenvalue weighted by Crippen LogP contribution is -2.35. The molecule has 0 spiro atoms. The van der Waals surface area contributed by atoms with Crippen molar-refractivity contribution < 1.29 is 14.0 Å². The zero-order valence-corrected chi connectivity index (χ0v) is 14.7. The van der Waals surface area contributed by atoms with Crippen molar-refractivity contribution in [3.05, 3.63) is 30.1 Å². The van der Waals surface area contributed by atoms with E-state index in [0.29, 0.717) is 18.0 Å². The molecule has 1 aliphatic rings. The molecule has 1 aliphatic heterocycles. The first-order valence-corrected chi connectivity index (χ1v) is 8.04. The second kappa shape index (κ2) is 10.3. The first-order chi connectivity index (χ1) is 11.0. The number of likely N-dealkylation sites (N-methyl/N-ethyl adjacent to an activating group) is 1. The van der Waals surface area contributed by atoms with Gasteiger partial charge in [0.2, 0.25) is 11.8 Å². The lowest BCUT2D eigenvalue weighted by molar-refractivity contribution is -0.133. The maximum atomic E-state index is 13.1. The zero-order chi connectivity index (χ0) is 16.7. The van der Waals surface area contributed by atoms with E-state index in [0.717, 1.165) is 32.4 Å². The number of nitrogens with zero attached hydrogens (tertiary/aromatic N) is 1. The van der Waals surface area contributed by atoms with Gasteiger partial charge in [0, 0.05) is 19.2 Å². The largest absolute Gasteiger partial charge is 0.336 e. The molecule has 2 amide bonds. The summed E-state index contributed by atoms with van der Waals surface area (Å²) in [6.07, 6.45) is 3.55. The molecule has 1 heterocycles. The van der Waals surface area contributed by atoms with Gasteiger partial charge in [-0.2, -0.15) is 0 Å². The van der Waals surface area contributed by atoms with Crippen LogP contribution in [0.1, 0.15) is 25.7 Å². The molecular weight excluding hydrogens is 333 g/mol. The summed E-state index contributed by atoms with van der Waals surface area (Å²) in [4.78, 5) is 25.4. The van der Waals surface area contributed by atoms with Crippen molar-refractivity contribution in [1.82, 2.24) is 10.2 Å². The van der Waals surface area contributed by atoms with E-state index in [1.165, 1.54) is 23.1 Å². The minimum absolute atomic E-state index is 0. The molecular formula is C17H25ClFN3O2. The van der Waals surface area contributed by atoms with Gasteiger partial charge in [-0.1, -0.05) is 6.07 Å². The fraction of sp³-hybridized carbons (Fsp3) is 0.529. The fourth-order valence-electron chi connectivity index (χ4n) is 2.76. The van der Waals surface area contributed by atoms with E-state index in [-0.39, 0.29) is 30.8 Å². The number of benzene rings is 1. The summed E-state index contributed by atoms with van der Waals surface area (Å²) in [6, 6.07) is 5.70. The third-order valence-corrected chi connectivity index (χ3v) is 4.14. The number of piperidine rings is 1. The molecule has 1 aromatic carbocycles. The van der Waals surface area contributed by atoms with Crippen LogP contribution in [0.5, 0.6) is 0 Å². The standard InChI is InChI=1S/C17H24FN3O2.ClH/c1-21(17(23)6-5-13-7-9-19-10-8-13)12-16(22)20-15-4-2-3-14(18)11-15;/h2-4,11,13,19H,5-10,12H2,1H3,(H,20,22);1H. The SMILES string of the molecule is CN(CC(=O)Nc1cccc(F)c1)C(=O)CCC1CCNCC1.Cl. The van der Waals surface area contributed by atoms with Crippen LogP contribution in [0.25, 0.3) is 0 Å². The fourth-order valence-corrected chi connectivity index (χ4v) is 2.76.